The zero-order chi connectivity index (χ0) is 21.3. The number of nitrogens with two attached hydrogens (primary N) is 1. The van der Waals surface area contributed by atoms with Crippen LogP contribution in [0.15, 0.2) is 53.5 Å². The van der Waals surface area contributed by atoms with Crippen LogP contribution < -0.4 is 16.0 Å². The van der Waals surface area contributed by atoms with Crippen LogP contribution in [0.25, 0.3) is 10.8 Å². The van der Waals surface area contributed by atoms with Gasteiger partial charge in [0, 0.05) is 23.0 Å². The van der Waals surface area contributed by atoms with Crippen molar-refractivity contribution in [2.75, 3.05) is 0 Å². The second kappa shape index (κ2) is 8.40. The van der Waals surface area contributed by atoms with Crippen molar-refractivity contribution in [1.82, 2.24) is 4.98 Å². The summed E-state index contributed by atoms with van der Waals surface area (Å²) in [5.41, 5.74) is 6.66. The van der Waals surface area contributed by atoms with Gasteiger partial charge in [-0.05, 0) is 67.3 Å². The van der Waals surface area contributed by atoms with Crippen molar-refractivity contribution in [3.05, 3.63) is 75.4 Å². The molecule has 1 heterocycles. The molecule has 4 rings (SSSR count). The predicted molar refractivity (Wildman–Crippen MR) is 119 cm³/mol. The zero-order valence-electron chi connectivity index (χ0n) is 17.0. The number of rotatable bonds is 5. The molecule has 1 fully saturated rings. The zero-order valence-corrected chi connectivity index (χ0v) is 17.7. The van der Waals surface area contributed by atoms with Crippen molar-refractivity contribution >= 4 is 22.4 Å². The van der Waals surface area contributed by atoms with Gasteiger partial charge in [0.2, 0.25) is 0 Å². The van der Waals surface area contributed by atoms with Crippen LogP contribution >= 0.6 is 11.6 Å². The minimum atomic E-state index is -0.388. The highest BCUT2D eigenvalue weighted by atomic mass is 35.5. The molecule has 3 aromatic rings. The second-order valence-corrected chi connectivity index (χ2v) is 8.55. The Morgan fingerprint density at radius 3 is 2.70 bits per heavy atom. The number of aromatic nitrogens is 1. The normalized spacial score (nSPS) is 22.7. The van der Waals surface area contributed by atoms with Crippen molar-refractivity contribution in [1.29, 1.82) is 0 Å². The molecule has 0 unspecified atom stereocenters. The van der Waals surface area contributed by atoms with Crippen molar-refractivity contribution in [3.63, 3.8) is 0 Å². The van der Waals surface area contributed by atoms with E-state index in [1.807, 2.05) is 31.2 Å². The molecule has 1 aromatic heterocycles. The number of pyridine rings is 1. The molecule has 0 radical (unpaired) electrons. The fraction of sp³-hybridized carbons (Fsp3) is 0.375. The first-order valence-electron chi connectivity index (χ1n) is 10.4. The van der Waals surface area contributed by atoms with Gasteiger partial charge in [0.1, 0.15) is 11.6 Å². The maximum Gasteiger partial charge on any atom is 0.255 e. The quantitative estimate of drug-likeness (QED) is 0.578. The third-order valence-electron chi connectivity index (χ3n) is 6.50. The molecule has 0 aliphatic heterocycles. The number of ether oxygens (including phenoxy) is 1. The van der Waals surface area contributed by atoms with Gasteiger partial charge >= 0.3 is 0 Å². The Balaban J connectivity index is 1.56. The number of hydrogen-bond donors (Lipinski definition) is 2. The van der Waals surface area contributed by atoms with Gasteiger partial charge in [-0.15, -0.1) is 0 Å². The molecule has 4 nitrogen and oxygen atoms in total. The van der Waals surface area contributed by atoms with Crippen LogP contribution in [0.5, 0.6) is 5.75 Å². The number of nitrogens with one attached hydrogen (secondary N) is 1. The fourth-order valence-corrected chi connectivity index (χ4v) is 4.99. The SMILES string of the molecule is CC[C@H](N)C1(c2ccccc2F)CCC(Oc2cc3cc[nH]c(=O)c3cc2Cl)CC1. The van der Waals surface area contributed by atoms with E-state index in [1.54, 1.807) is 18.3 Å². The number of halogens is 2. The summed E-state index contributed by atoms with van der Waals surface area (Å²) < 4.78 is 20.9. The molecule has 30 heavy (non-hydrogen) atoms. The van der Waals surface area contributed by atoms with Crippen LogP contribution in [0.1, 0.15) is 44.6 Å². The fourth-order valence-electron chi connectivity index (χ4n) is 4.78. The molecule has 1 aliphatic rings. The Hall–Kier alpha value is -2.37. The van der Waals surface area contributed by atoms with E-state index in [-0.39, 0.29) is 28.9 Å². The van der Waals surface area contributed by atoms with Gasteiger partial charge < -0.3 is 15.5 Å². The van der Waals surface area contributed by atoms with Crippen molar-refractivity contribution < 1.29 is 9.13 Å². The van der Waals surface area contributed by atoms with Crippen LogP contribution in [0.3, 0.4) is 0 Å². The van der Waals surface area contributed by atoms with E-state index in [1.165, 1.54) is 6.07 Å². The first-order valence-corrected chi connectivity index (χ1v) is 10.8. The molecule has 3 N–H and O–H groups in total. The highest BCUT2D eigenvalue weighted by molar-refractivity contribution is 6.32. The van der Waals surface area contributed by atoms with Crippen molar-refractivity contribution in [3.8, 4) is 5.75 Å². The topological polar surface area (TPSA) is 68.1 Å². The third-order valence-corrected chi connectivity index (χ3v) is 6.80. The summed E-state index contributed by atoms with van der Waals surface area (Å²) in [6, 6.07) is 12.1. The van der Waals surface area contributed by atoms with Crippen LogP contribution in [-0.4, -0.2) is 17.1 Å². The first kappa shape index (κ1) is 20.9. The molecular formula is C24H26ClFN2O2. The Bertz CT molecular complexity index is 1110. The van der Waals surface area contributed by atoms with Crippen LogP contribution in [-0.2, 0) is 5.41 Å². The molecule has 1 aliphatic carbocycles. The lowest BCUT2D eigenvalue weighted by molar-refractivity contribution is 0.102. The summed E-state index contributed by atoms with van der Waals surface area (Å²) in [5.74, 6) is 0.376. The number of benzene rings is 2. The summed E-state index contributed by atoms with van der Waals surface area (Å²) in [4.78, 5) is 14.6. The minimum absolute atomic E-state index is 0.0362. The Morgan fingerprint density at radius 2 is 2.00 bits per heavy atom. The number of hydrogen-bond acceptors (Lipinski definition) is 3. The lowest BCUT2D eigenvalue weighted by Gasteiger charge is -2.44. The summed E-state index contributed by atoms with van der Waals surface area (Å²) in [5, 5.41) is 1.73. The minimum Gasteiger partial charge on any atom is -0.489 e. The average Bonchev–Trinajstić information content (AvgIpc) is 2.75. The number of H-pyrrole nitrogens is 1. The van der Waals surface area contributed by atoms with Gasteiger partial charge in [0.05, 0.1) is 11.1 Å². The highest BCUT2D eigenvalue weighted by Crippen LogP contribution is 2.44. The monoisotopic (exact) mass is 428 g/mol. The molecule has 6 heteroatoms. The van der Waals surface area contributed by atoms with E-state index < -0.39 is 0 Å². The van der Waals surface area contributed by atoms with Crippen LogP contribution in [0.2, 0.25) is 5.02 Å². The molecule has 0 amide bonds. The summed E-state index contributed by atoms with van der Waals surface area (Å²) in [6.45, 7) is 2.05. The Labute approximate surface area is 180 Å². The van der Waals surface area contributed by atoms with E-state index in [0.29, 0.717) is 21.7 Å². The highest BCUT2D eigenvalue weighted by Gasteiger charge is 2.43. The van der Waals surface area contributed by atoms with Gasteiger partial charge in [0.15, 0.2) is 0 Å². The smallest absolute Gasteiger partial charge is 0.255 e. The lowest BCUT2D eigenvalue weighted by atomic mass is 9.63. The maximum atomic E-state index is 14.7. The first-order chi connectivity index (χ1) is 14.4. The Morgan fingerprint density at radius 1 is 1.27 bits per heavy atom. The van der Waals surface area contributed by atoms with Crippen molar-refractivity contribution in [2.24, 2.45) is 5.73 Å². The van der Waals surface area contributed by atoms with Gasteiger partial charge in [-0.2, -0.15) is 0 Å². The second-order valence-electron chi connectivity index (χ2n) is 8.14. The molecule has 0 saturated heterocycles. The largest absolute Gasteiger partial charge is 0.489 e. The van der Waals surface area contributed by atoms with Gasteiger partial charge in [-0.1, -0.05) is 36.7 Å². The van der Waals surface area contributed by atoms with E-state index >= 15 is 0 Å². The summed E-state index contributed by atoms with van der Waals surface area (Å²) in [7, 11) is 0. The van der Waals surface area contributed by atoms with Gasteiger partial charge in [-0.3, -0.25) is 4.79 Å². The van der Waals surface area contributed by atoms with Gasteiger partial charge in [-0.25, -0.2) is 4.39 Å². The van der Waals surface area contributed by atoms with E-state index in [0.717, 1.165) is 37.5 Å². The molecular weight excluding hydrogens is 403 g/mol. The van der Waals surface area contributed by atoms with Crippen LogP contribution in [0, 0.1) is 5.82 Å². The molecule has 1 atom stereocenters. The van der Waals surface area contributed by atoms with E-state index in [4.69, 9.17) is 22.1 Å². The van der Waals surface area contributed by atoms with E-state index in [9.17, 15) is 9.18 Å². The van der Waals surface area contributed by atoms with Gasteiger partial charge in [0.25, 0.3) is 5.56 Å². The molecule has 158 valence electrons. The van der Waals surface area contributed by atoms with E-state index in [2.05, 4.69) is 4.98 Å². The van der Waals surface area contributed by atoms with Crippen molar-refractivity contribution in [2.45, 2.75) is 56.6 Å². The number of fused-ring (bicyclic) bond motifs is 1. The number of aromatic amines is 1. The maximum absolute atomic E-state index is 14.7. The Kier molecular flexibility index (Phi) is 5.85. The molecule has 1 saturated carbocycles. The predicted octanol–water partition coefficient (Wildman–Crippen LogP) is 5.32. The standard InChI is InChI=1S/C24H26ClFN2O2/c1-2-22(27)24(18-5-3-4-6-20(18)26)10-7-16(8-11-24)30-21-13-15-9-12-28-23(29)17(15)14-19(21)25/h3-6,9,12-14,16,22H,2,7-8,10-11,27H2,1H3,(H,28,29)/t16?,22-,24?/m0/s1. The lowest BCUT2D eigenvalue weighted by Crippen LogP contribution is -2.49. The summed E-state index contributed by atoms with van der Waals surface area (Å²) in [6.07, 6.45) is 5.36. The third kappa shape index (κ3) is 3.72. The van der Waals surface area contributed by atoms with Crippen LogP contribution in [0.4, 0.5) is 4.39 Å². The molecule has 0 spiro atoms. The summed E-state index contributed by atoms with van der Waals surface area (Å²) >= 11 is 6.39. The molecule has 2 aromatic carbocycles. The molecule has 0 bridgehead atoms. The average molecular weight is 429 g/mol.